The number of benzene rings is 1. The molecule has 1 nitrogen and oxygen atoms in total. The zero-order valence-electron chi connectivity index (χ0n) is 5.34. The van der Waals surface area contributed by atoms with Crippen LogP contribution in [0.25, 0.3) is 10.1 Å². The Balaban J connectivity index is 2.96. The van der Waals surface area contributed by atoms with Crippen LogP contribution in [0.4, 0.5) is 0 Å². The van der Waals surface area contributed by atoms with Gasteiger partial charge in [0.25, 0.3) is 0 Å². The van der Waals surface area contributed by atoms with Crippen LogP contribution in [0.5, 0.6) is 0 Å². The molecule has 56 valence electrons. The average Bonchev–Trinajstić information content (AvgIpc) is 2.34. The Bertz CT molecular complexity index is 396. The van der Waals surface area contributed by atoms with Crippen molar-refractivity contribution in [3.63, 3.8) is 0 Å². The summed E-state index contributed by atoms with van der Waals surface area (Å²) in [5, 5.41) is 2.03. The SMILES string of the molecule is Clc1cccc2snc(Cl)c12. The Morgan fingerprint density at radius 3 is 2.82 bits per heavy atom. The second-order valence-electron chi connectivity index (χ2n) is 2.09. The summed E-state index contributed by atoms with van der Waals surface area (Å²) in [6, 6.07) is 5.65. The van der Waals surface area contributed by atoms with E-state index < -0.39 is 0 Å². The van der Waals surface area contributed by atoms with Gasteiger partial charge in [0.15, 0.2) is 5.15 Å². The minimum Gasteiger partial charge on any atom is -0.180 e. The molecule has 0 saturated heterocycles. The summed E-state index contributed by atoms with van der Waals surface area (Å²) in [7, 11) is 0. The lowest BCUT2D eigenvalue weighted by Crippen LogP contribution is -1.66. The lowest BCUT2D eigenvalue weighted by molar-refractivity contribution is 1.60. The van der Waals surface area contributed by atoms with Crippen molar-refractivity contribution in [2.45, 2.75) is 0 Å². The number of nitrogens with zero attached hydrogens (tertiary/aromatic N) is 1. The van der Waals surface area contributed by atoms with Gasteiger partial charge in [0.2, 0.25) is 0 Å². The van der Waals surface area contributed by atoms with Crippen molar-refractivity contribution in [3.05, 3.63) is 28.4 Å². The smallest absolute Gasteiger partial charge is 0.152 e. The maximum Gasteiger partial charge on any atom is 0.152 e. The van der Waals surface area contributed by atoms with Crippen LogP contribution in [-0.2, 0) is 0 Å². The van der Waals surface area contributed by atoms with E-state index in [1.807, 2.05) is 18.2 Å². The summed E-state index contributed by atoms with van der Waals surface area (Å²) in [5.41, 5.74) is 0. The largest absolute Gasteiger partial charge is 0.180 e. The molecule has 1 heterocycles. The maximum absolute atomic E-state index is 5.89. The molecule has 0 N–H and O–H groups in total. The second-order valence-corrected chi connectivity index (χ2v) is 3.66. The highest BCUT2D eigenvalue weighted by Gasteiger charge is 2.05. The molecule has 1 aromatic carbocycles. The third-order valence-electron chi connectivity index (χ3n) is 1.41. The number of hydrogen-bond acceptors (Lipinski definition) is 2. The summed E-state index contributed by atoms with van der Waals surface area (Å²) in [6.07, 6.45) is 0. The standard InChI is InChI=1S/C7H3Cl2NS/c8-4-2-1-3-5-6(4)7(9)10-11-5/h1-3H. The van der Waals surface area contributed by atoms with Crippen molar-refractivity contribution in [3.8, 4) is 0 Å². The summed E-state index contributed by atoms with van der Waals surface area (Å²) in [6.45, 7) is 0. The molecule has 1 aromatic heterocycles. The quantitative estimate of drug-likeness (QED) is 0.638. The van der Waals surface area contributed by atoms with Crippen molar-refractivity contribution in [1.82, 2.24) is 4.37 Å². The Kier molecular flexibility index (Phi) is 1.75. The van der Waals surface area contributed by atoms with E-state index in [0.29, 0.717) is 10.2 Å². The van der Waals surface area contributed by atoms with Crippen molar-refractivity contribution < 1.29 is 0 Å². The number of rotatable bonds is 0. The molecule has 4 heteroatoms. The third-order valence-corrected chi connectivity index (χ3v) is 2.91. The summed E-state index contributed by atoms with van der Waals surface area (Å²) >= 11 is 13.0. The molecule has 0 aliphatic carbocycles. The van der Waals surface area contributed by atoms with Crippen LogP contribution in [0.15, 0.2) is 18.2 Å². The molecule has 11 heavy (non-hydrogen) atoms. The lowest BCUT2D eigenvalue weighted by atomic mass is 10.3. The van der Waals surface area contributed by atoms with Gasteiger partial charge in [-0.2, -0.15) is 4.37 Å². The fourth-order valence-corrected chi connectivity index (χ4v) is 2.35. The first kappa shape index (κ1) is 7.35. The molecule has 0 atom stereocenters. The van der Waals surface area contributed by atoms with Crippen LogP contribution in [0, 0.1) is 0 Å². The Morgan fingerprint density at radius 2 is 2.09 bits per heavy atom. The molecule has 0 fully saturated rings. The topological polar surface area (TPSA) is 12.9 Å². The molecule has 2 aromatic rings. The minimum absolute atomic E-state index is 0.496. The molecule has 0 aliphatic rings. The normalized spacial score (nSPS) is 10.7. The van der Waals surface area contributed by atoms with E-state index in [9.17, 15) is 0 Å². The highest BCUT2D eigenvalue weighted by Crippen LogP contribution is 2.32. The van der Waals surface area contributed by atoms with Crippen molar-refractivity contribution in [1.29, 1.82) is 0 Å². The molecule has 0 spiro atoms. The zero-order valence-corrected chi connectivity index (χ0v) is 7.67. The molecule has 0 aliphatic heterocycles. The number of halogens is 2. The van der Waals surface area contributed by atoms with E-state index in [2.05, 4.69) is 4.37 Å². The summed E-state index contributed by atoms with van der Waals surface area (Å²) in [4.78, 5) is 0. The van der Waals surface area contributed by atoms with Crippen LogP contribution < -0.4 is 0 Å². The second kappa shape index (κ2) is 2.63. The monoisotopic (exact) mass is 203 g/mol. The van der Waals surface area contributed by atoms with Crippen LogP contribution >= 0.6 is 34.7 Å². The number of hydrogen-bond donors (Lipinski definition) is 0. The van der Waals surface area contributed by atoms with Gasteiger partial charge in [-0.25, -0.2) is 0 Å². The van der Waals surface area contributed by atoms with E-state index in [0.717, 1.165) is 10.1 Å². The predicted octanol–water partition coefficient (Wildman–Crippen LogP) is 3.60. The van der Waals surface area contributed by atoms with E-state index in [1.165, 1.54) is 11.5 Å². The fraction of sp³-hybridized carbons (Fsp3) is 0. The van der Waals surface area contributed by atoms with E-state index >= 15 is 0 Å². The Hall–Kier alpha value is -0.310. The number of aromatic nitrogens is 1. The molecule has 0 bridgehead atoms. The van der Waals surface area contributed by atoms with Gasteiger partial charge < -0.3 is 0 Å². The fourth-order valence-electron chi connectivity index (χ4n) is 0.916. The maximum atomic E-state index is 5.89. The molecular weight excluding hydrogens is 201 g/mol. The van der Waals surface area contributed by atoms with Gasteiger partial charge in [-0.3, -0.25) is 0 Å². The highest BCUT2D eigenvalue weighted by atomic mass is 35.5. The van der Waals surface area contributed by atoms with Gasteiger partial charge in [0, 0.05) is 0 Å². The van der Waals surface area contributed by atoms with Crippen LogP contribution in [-0.4, -0.2) is 4.37 Å². The first-order valence-electron chi connectivity index (χ1n) is 2.98. The van der Waals surface area contributed by atoms with Crippen LogP contribution in [0.3, 0.4) is 0 Å². The molecule has 0 radical (unpaired) electrons. The molecular formula is C7H3Cl2NS. The van der Waals surface area contributed by atoms with Crippen LogP contribution in [0.2, 0.25) is 10.2 Å². The van der Waals surface area contributed by atoms with Crippen molar-refractivity contribution >= 4 is 44.8 Å². The Labute approximate surface area is 77.7 Å². The zero-order chi connectivity index (χ0) is 7.84. The van der Waals surface area contributed by atoms with Gasteiger partial charge in [0.05, 0.1) is 15.1 Å². The lowest BCUT2D eigenvalue weighted by Gasteiger charge is -1.90. The van der Waals surface area contributed by atoms with E-state index in [4.69, 9.17) is 23.2 Å². The van der Waals surface area contributed by atoms with Crippen molar-refractivity contribution in [2.24, 2.45) is 0 Å². The molecule has 0 amide bonds. The minimum atomic E-state index is 0.496. The molecule has 2 rings (SSSR count). The Morgan fingerprint density at radius 1 is 1.27 bits per heavy atom. The summed E-state index contributed by atoms with van der Waals surface area (Å²) in [5.74, 6) is 0. The van der Waals surface area contributed by atoms with Gasteiger partial charge in [0.1, 0.15) is 0 Å². The van der Waals surface area contributed by atoms with E-state index in [-0.39, 0.29) is 0 Å². The number of fused-ring (bicyclic) bond motifs is 1. The average molecular weight is 204 g/mol. The first-order chi connectivity index (χ1) is 5.29. The van der Waals surface area contributed by atoms with Gasteiger partial charge in [-0.05, 0) is 23.7 Å². The predicted molar refractivity (Wildman–Crippen MR) is 49.6 cm³/mol. The first-order valence-corrected chi connectivity index (χ1v) is 4.51. The highest BCUT2D eigenvalue weighted by molar-refractivity contribution is 7.13. The van der Waals surface area contributed by atoms with E-state index in [1.54, 1.807) is 0 Å². The van der Waals surface area contributed by atoms with Gasteiger partial charge in [-0.1, -0.05) is 29.3 Å². The van der Waals surface area contributed by atoms with Gasteiger partial charge >= 0.3 is 0 Å². The molecule has 0 saturated carbocycles. The summed E-state index contributed by atoms with van der Waals surface area (Å²) < 4.78 is 5.01. The van der Waals surface area contributed by atoms with Gasteiger partial charge in [-0.15, -0.1) is 0 Å². The van der Waals surface area contributed by atoms with Crippen LogP contribution in [0.1, 0.15) is 0 Å². The third kappa shape index (κ3) is 1.11. The van der Waals surface area contributed by atoms with Crippen molar-refractivity contribution in [2.75, 3.05) is 0 Å². The molecule has 0 unspecified atom stereocenters.